The van der Waals surface area contributed by atoms with Gasteiger partial charge in [-0.15, -0.1) is 0 Å². The Balaban J connectivity index is 1.66. The molecule has 3 atom stereocenters. The number of likely N-dealkylation sites (tertiary alicyclic amines) is 1. The second-order valence-corrected chi connectivity index (χ2v) is 11.8. The van der Waals surface area contributed by atoms with Gasteiger partial charge in [0.25, 0.3) is 0 Å². The summed E-state index contributed by atoms with van der Waals surface area (Å²) in [6, 6.07) is 18.5. The van der Waals surface area contributed by atoms with Crippen molar-refractivity contribution in [3.63, 3.8) is 0 Å². The van der Waals surface area contributed by atoms with E-state index in [-0.39, 0.29) is 11.5 Å². The lowest BCUT2D eigenvalue weighted by Gasteiger charge is -2.34. The van der Waals surface area contributed by atoms with E-state index in [9.17, 15) is 26.7 Å². The van der Waals surface area contributed by atoms with Gasteiger partial charge in [-0.3, -0.25) is 0 Å². The van der Waals surface area contributed by atoms with Crippen LogP contribution in [0.2, 0.25) is 0 Å². The molecule has 220 valence electrons. The summed E-state index contributed by atoms with van der Waals surface area (Å²) in [6.45, 7) is 7.98. The van der Waals surface area contributed by atoms with Gasteiger partial charge < -0.3 is 14.4 Å². The highest BCUT2D eigenvalue weighted by atomic mass is 19.4. The molecule has 1 saturated heterocycles. The number of carbonyl (C=O) groups is 1. The zero-order valence-electron chi connectivity index (χ0n) is 23.7. The van der Waals surface area contributed by atoms with Gasteiger partial charge in [-0.2, -0.15) is 13.2 Å². The van der Waals surface area contributed by atoms with Crippen molar-refractivity contribution < 1.29 is 36.2 Å². The number of ether oxygens (including phenoxy) is 2. The first kappa shape index (κ1) is 30.5. The standard InChI is InChI=1S/C32H34F5NO3/c1-29(2,3)41-28(39)38-18-25(30(4,20-38)22-10-7-6-8-11-22)21-14-16-23(17-15-21)31(5,32(35,36)37)40-19-24-26(33)12-9-13-27(24)34/h6-17,25H,18-20H2,1-5H3/t25-,30+,31?/m0/s1. The van der Waals surface area contributed by atoms with E-state index >= 15 is 0 Å². The minimum absolute atomic E-state index is 0.214. The number of rotatable bonds is 6. The minimum Gasteiger partial charge on any atom is -0.444 e. The summed E-state index contributed by atoms with van der Waals surface area (Å²) in [4.78, 5) is 14.6. The van der Waals surface area contributed by atoms with Gasteiger partial charge >= 0.3 is 12.3 Å². The van der Waals surface area contributed by atoms with Crippen molar-refractivity contribution in [1.29, 1.82) is 0 Å². The van der Waals surface area contributed by atoms with Gasteiger partial charge in [-0.1, -0.05) is 67.6 Å². The Morgan fingerprint density at radius 3 is 2.02 bits per heavy atom. The fraction of sp³-hybridized carbons (Fsp3) is 0.406. The van der Waals surface area contributed by atoms with Gasteiger partial charge in [0, 0.05) is 30.0 Å². The Bertz CT molecular complexity index is 1350. The molecule has 1 aliphatic rings. The van der Waals surface area contributed by atoms with Crippen molar-refractivity contribution >= 4 is 6.09 Å². The third-order valence-electron chi connectivity index (χ3n) is 7.75. The maximum Gasteiger partial charge on any atom is 0.421 e. The molecule has 0 radical (unpaired) electrons. The highest BCUT2D eigenvalue weighted by Gasteiger charge is 2.54. The van der Waals surface area contributed by atoms with E-state index in [1.807, 2.05) is 37.3 Å². The fourth-order valence-electron chi connectivity index (χ4n) is 5.29. The molecule has 41 heavy (non-hydrogen) atoms. The Hall–Kier alpha value is -3.46. The number of amides is 1. The number of hydrogen-bond donors (Lipinski definition) is 0. The number of halogens is 5. The molecule has 4 rings (SSSR count). The van der Waals surface area contributed by atoms with Crippen LogP contribution in [0.5, 0.6) is 0 Å². The summed E-state index contributed by atoms with van der Waals surface area (Å²) in [6.07, 6.45) is -5.34. The molecule has 1 aliphatic heterocycles. The Morgan fingerprint density at radius 1 is 0.902 bits per heavy atom. The molecule has 0 spiro atoms. The predicted molar refractivity (Wildman–Crippen MR) is 145 cm³/mol. The molecule has 1 fully saturated rings. The minimum atomic E-state index is -4.88. The molecule has 3 aromatic carbocycles. The van der Waals surface area contributed by atoms with Crippen LogP contribution in [0.4, 0.5) is 26.7 Å². The predicted octanol–water partition coefficient (Wildman–Crippen LogP) is 8.25. The van der Waals surface area contributed by atoms with E-state index in [1.54, 1.807) is 37.8 Å². The number of benzene rings is 3. The van der Waals surface area contributed by atoms with E-state index < -0.39 is 52.7 Å². The van der Waals surface area contributed by atoms with Crippen molar-refractivity contribution in [3.8, 4) is 0 Å². The fourth-order valence-corrected chi connectivity index (χ4v) is 5.29. The largest absolute Gasteiger partial charge is 0.444 e. The second-order valence-electron chi connectivity index (χ2n) is 11.8. The third kappa shape index (κ3) is 6.25. The van der Waals surface area contributed by atoms with E-state index in [4.69, 9.17) is 9.47 Å². The maximum atomic E-state index is 14.3. The molecule has 1 heterocycles. The molecular weight excluding hydrogens is 541 g/mol. The van der Waals surface area contributed by atoms with Crippen LogP contribution < -0.4 is 0 Å². The van der Waals surface area contributed by atoms with Crippen LogP contribution in [-0.4, -0.2) is 35.9 Å². The maximum absolute atomic E-state index is 14.3. The third-order valence-corrected chi connectivity index (χ3v) is 7.75. The molecule has 1 unspecified atom stereocenters. The van der Waals surface area contributed by atoms with Crippen LogP contribution in [0.15, 0.2) is 72.8 Å². The second kappa shape index (κ2) is 11.1. The molecule has 4 nitrogen and oxygen atoms in total. The van der Waals surface area contributed by atoms with Gasteiger partial charge in [0.2, 0.25) is 0 Å². The average molecular weight is 576 g/mol. The lowest BCUT2D eigenvalue weighted by Crippen LogP contribution is -2.42. The number of carbonyl (C=O) groups excluding carboxylic acids is 1. The molecule has 1 amide bonds. The van der Waals surface area contributed by atoms with Crippen LogP contribution in [0, 0.1) is 11.6 Å². The van der Waals surface area contributed by atoms with Gasteiger partial charge in [0.15, 0.2) is 5.60 Å². The summed E-state index contributed by atoms with van der Waals surface area (Å²) in [5, 5.41) is 0. The summed E-state index contributed by atoms with van der Waals surface area (Å²) < 4.78 is 82.1. The first-order valence-electron chi connectivity index (χ1n) is 13.3. The molecule has 9 heteroatoms. The van der Waals surface area contributed by atoms with Gasteiger partial charge in [0.05, 0.1) is 6.61 Å². The van der Waals surface area contributed by atoms with Crippen LogP contribution in [-0.2, 0) is 27.1 Å². The molecule has 0 N–H and O–H groups in total. The summed E-state index contributed by atoms with van der Waals surface area (Å²) >= 11 is 0. The van der Waals surface area contributed by atoms with E-state index in [1.165, 1.54) is 12.1 Å². The molecule has 0 aliphatic carbocycles. The van der Waals surface area contributed by atoms with Crippen LogP contribution in [0.3, 0.4) is 0 Å². The lowest BCUT2D eigenvalue weighted by molar-refractivity contribution is -0.282. The summed E-state index contributed by atoms with van der Waals surface area (Å²) in [7, 11) is 0. The quantitative estimate of drug-likeness (QED) is 0.278. The van der Waals surface area contributed by atoms with Gasteiger partial charge in [-0.25, -0.2) is 13.6 Å². The molecular formula is C32H34F5NO3. The van der Waals surface area contributed by atoms with Crippen molar-refractivity contribution in [2.24, 2.45) is 0 Å². The average Bonchev–Trinajstić information content (AvgIpc) is 3.26. The number of hydrogen-bond acceptors (Lipinski definition) is 3. The van der Waals surface area contributed by atoms with Crippen LogP contribution in [0.1, 0.15) is 62.8 Å². The zero-order valence-corrected chi connectivity index (χ0v) is 23.7. The molecule has 0 saturated carbocycles. The first-order valence-corrected chi connectivity index (χ1v) is 13.3. The van der Waals surface area contributed by atoms with Crippen LogP contribution >= 0.6 is 0 Å². The molecule has 0 aromatic heterocycles. The molecule has 3 aromatic rings. The SMILES string of the molecule is CC(C)(C)OC(=O)N1C[C@@H](c2ccc(C(C)(OCc3c(F)cccc3F)C(F)(F)F)cc2)[C@@](C)(c2ccccc2)C1. The van der Waals surface area contributed by atoms with Crippen molar-refractivity contribution in [3.05, 3.63) is 107 Å². The number of alkyl halides is 3. The van der Waals surface area contributed by atoms with E-state index in [2.05, 4.69) is 0 Å². The van der Waals surface area contributed by atoms with Gasteiger partial charge in [0.1, 0.15) is 17.2 Å². The summed E-state index contributed by atoms with van der Waals surface area (Å²) in [5.41, 5.74) is -3.15. The smallest absolute Gasteiger partial charge is 0.421 e. The van der Waals surface area contributed by atoms with Crippen molar-refractivity contribution in [1.82, 2.24) is 4.90 Å². The van der Waals surface area contributed by atoms with Crippen molar-refractivity contribution in [2.75, 3.05) is 13.1 Å². The summed E-state index contributed by atoms with van der Waals surface area (Å²) in [5.74, 6) is -2.22. The van der Waals surface area contributed by atoms with E-state index in [0.29, 0.717) is 13.1 Å². The Kier molecular flexibility index (Phi) is 8.24. The lowest BCUT2D eigenvalue weighted by atomic mass is 9.71. The van der Waals surface area contributed by atoms with E-state index in [0.717, 1.165) is 36.2 Å². The van der Waals surface area contributed by atoms with Crippen LogP contribution in [0.25, 0.3) is 0 Å². The number of nitrogens with zero attached hydrogens (tertiary/aromatic N) is 1. The first-order chi connectivity index (χ1) is 19.0. The molecule has 0 bridgehead atoms. The normalized spacial score (nSPS) is 21.0. The van der Waals surface area contributed by atoms with Crippen molar-refractivity contribution in [2.45, 2.75) is 69.9 Å². The Labute approximate surface area is 237 Å². The zero-order chi connectivity index (χ0) is 30.2. The highest BCUT2D eigenvalue weighted by Crippen LogP contribution is 2.47. The monoisotopic (exact) mass is 575 g/mol. The highest BCUT2D eigenvalue weighted by molar-refractivity contribution is 5.69. The van der Waals surface area contributed by atoms with Gasteiger partial charge in [-0.05, 0) is 56.5 Å². The Morgan fingerprint density at radius 2 is 1.49 bits per heavy atom. The topological polar surface area (TPSA) is 38.8 Å².